The Morgan fingerprint density at radius 1 is 1.05 bits per heavy atom. The lowest BCUT2D eigenvalue weighted by molar-refractivity contribution is 0.424. The molecule has 1 unspecified atom stereocenters. The monoisotopic (exact) mass is 493 g/mol. The van der Waals surface area contributed by atoms with Crippen LogP contribution in [0.3, 0.4) is 0 Å². The van der Waals surface area contributed by atoms with E-state index in [1.165, 1.54) is 27.7 Å². The molecule has 37 heavy (non-hydrogen) atoms. The number of nitrogen functional groups attached to an aromatic ring is 1. The van der Waals surface area contributed by atoms with Crippen LogP contribution in [0, 0.1) is 5.82 Å². The molecule has 0 spiro atoms. The zero-order valence-electron chi connectivity index (χ0n) is 19.4. The lowest BCUT2D eigenvalue weighted by Crippen LogP contribution is -2.45. The second-order valence-corrected chi connectivity index (χ2v) is 8.88. The van der Waals surface area contributed by atoms with Crippen LogP contribution in [0.5, 0.6) is 0 Å². The highest BCUT2D eigenvalue weighted by Gasteiger charge is 2.37. The molecule has 0 radical (unpaired) electrons. The average Bonchev–Trinajstić information content (AvgIpc) is 3.49. The number of nitrogens with zero attached hydrogens (tertiary/aromatic N) is 7. The van der Waals surface area contributed by atoms with E-state index < -0.39 is 11.4 Å². The number of aromatic amines is 1. The van der Waals surface area contributed by atoms with Crippen LogP contribution in [-0.2, 0) is 0 Å². The third-order valence-electron chi connectivity index (χ3n) is 6.81. The molecule has 1 aliphatic rings. The van der Waals surface area contributed by atoms with Crippen LogP contribution in [0.1, 0.15) is 18.3 Å². The van der Waals surface area contributed by atoms with Gasteiger partial charge < -0.3 is 15.6 Å². The summed E-state index contributed by atoms with van der Waals surface area (Å²) in [6, 6.07) is 13.8. The molecule has 1 aromatic carbocycles. The van der Waals surface area contributed by atoms with Gasteiger partial charge in [0, 0.05) is 36.3 Å². The van der Waals surface area contributed by atoms with Crippen LogP contribution in [0.15, 0.2) is 78.2 Å². The van der Waals surface area contributed by atoms with Crippen LogP contribution in [-0.4, -0.2) is 40.7 Å². The molecule has 5 aromatic heterocycles. The number of rotatable bonds is 4. The normalized spacial score (nSPS) is 15.4. The lowest BCUT2D eigenvalue weighted by atomic mass is 10.00. The van der Waals surface area contributed by atoms with Crippen LogP contribution >= 0.6 is 0 Å². The Labute approximate surface area is 208 Å². The van der Waals surface area contributed by atoms with Gasteiger partial charge in [-0.25, -0.2) is 23.9 Å². The summed E-state index contributed by atoms with van der Waals surface area (Å²) in [6.45, 7) is 0.699. The van der Waals surface area contributed by atoms with Crippen LogP contribution in [0.25, 0.3) is 33.4 Å². The molecule has 1 aliphatic heterocycles. The van der Waals surface area contributed by atoms with E-state index in [1.807, 2.05) is 42.6 Å². The maximum Gasteiger partial charge on any atom is 0.285 e. The highest BCUT2D eigenvalue weighted by atomic mass is 19.1. The number of nitrogens with one attached hydrogen (secondary N) is 1. The zero-order chi connectivity index (χ0) is 25.1. The summed E-state index contributed by atoms with van der Waals surface area (Å²) >= 11 is 0. The summed E-state index contributed by atoms with van der Waals surface area (Å²) in [5, 5.41) is 5.55. The zero-order valence-corrected chi connectivity index (χ0v) is 19.4. The van der Waals surface area contributed by atoms with Gasteiger partial charge >= 0.3 is 0 Å². The Hall–Kier alpha value is -5.06. The van der Waals surface area contributed by atoms with Crippen LogP contribution in [0.2, 0.25) is 0 Å². The van der Waals surface area contributed by atoms with E-state index in [0.29, 0.717) is 35.3 Å². The fraction of sp³-hybridized carbons (Fsp3) is 0.115. The quantitative estimate of drug-likeness (QED) is 0.385. The molecule has 10 nitrogen and oxygen atoms in total. The fourth-order valence-electron chi connectivity index (χ4n) is 4.96. The molecule has 0 aliphatic carbocycles. The number of para-hydroxylation sites is 1. The third-order valence-corrected chi connectivity index (χ3v) is 6.81. The van der Waals surface area contributed by atoms with Crippen molar-refractivity contribution in [3.8, 4) is 16.8 Å². The maximum absolute atomic E-state index is 14.5. The lowest BCUT2D eigenvalue weighted by Gasteiger charge is -2.42. The number of aromatic nitrogens is 7. The SMILES string of the molecule is Nc1ccc(-c2c[nH]c3ncnc(N4CCC4c4nn5ccc(F)c5c(=O)n4-c4ccccc4)c23)cn1. The van der Waals surface area contributed by atoms with Crippen molar-refractivity contribution in [2.75, 3.05) is 17.2 Å². The Kier molecular flexibility index (Phi) is 4.58. The molecular weight excluding hydrogens is 473 g/mol. The maximum atomic E-state index is 14.5. The summed E-state index contributed by atoms with van der Waals surface area (Å²) in [7, 11) is 0. The fourth-order valence-corrected chi connectivity index (χ4v) is 4.96. The van der Waals surface area contributed by atoms with Gasteiger partial charge in [0.05, 0.1) is 17.1 Å². The number of H-pyrrole nitrogens is 1. The third kappa shape index (κ3) is 3.20. The van der Waals surface area contributed by atoms with Crippen molar-refractivity contribution < 1.29 is 4.39 Å². The van der Waals surface area contributed by atoms with E-state index in [4.69, 9.17) is 10.8 Å². The minimum absolute atomic E-state index is 0.0910. The number of hydrogen-bond donors (Lipinski definition) is 2. The number of nitrogens with two attached hydrogens (primary N) is 1. The Morgan fingerprint density at radius 3 is 2.68 bits per heavy atom. The molecule has 11 heteroatoms. The molecule has 7 rings (SSSR count). The molecule has 1 atom stereocenters. The van der Waals surface area contributed by atoms with E-state index in [9.17, 15) is 9.18 Å². The number of pyridine rings is 1. The van der Waals surface area contributed by atoms with E-state index in [-0.39, 0.29) is 11.6 Å². The smallest absolute Gasteiger partial charge is 0.285 e. The van der Waals surface area contributed by atoms with Crippen molar-refractivity contribution in [2.45, 2.75) is 12.5 Å². The van der Waals surface area contributed by atoms with Gasteiger partial charge in [-0.15, -0.1) is 0 Å². The largest absolute Gasteiger partial charge is 0.384 e. The van der Waals surface area contributed by atoms with Crippen molar-refractivity contribution in [1.82, 2.24) is 34.1 Å². The second kappa shape index (κ2) is 7.98. The minimum Gasteiger partial charge on any atom is -0.384 e. The minimum atomic E-state index is -0.606. The molecule has 6 aromatic rings. The van der Waals surface area contributed by atoms with Gasteiger partial charge in [0.25, 0.3) is 5.56 Å². The van der Waals surface area contributed by atoms with Crippen molar-refractivity contribution in [3.63, 3.8) is 0 Å². The summed E-state index contributed by atoms with van der Waals surface area (Å²) in [4.78, 5) is 32.1. The predicted octanol–water partition coefficient (Wildman–Crippen LogP) is 3.49. The highest BCUT2D eigenvalue weighted by molar-refractivity contribution is 6.01. The summed E-state index contributed by atoms with van der Waals surface area (Å²) < 4.78 is 17.3. The summed E-state index contributed by atoms with van der Waals surface area (Å²) in [5.41, 5.74) is 8.29. The number of benzene rings is 1. The van der Waals surface area contributed by atoms with Crippen molar-refractivity contribution >= 4 is 28.2 Å². The first-order chi connectivity index (χ1) is 18.1. The highest BCUT2D eigenvalue weighted by Crippen LogP contribution is 2.41. The Morgan fingerprint density at radius 2 is 1.92 bits per heavy atom. The van der Waals surface area contributed by atoms with E-state index in [2.05, 4.69) is 24.8 Å². The van der Waals surface area contributed by atoms with Crippen LogP contribution in [0.4, 0.5) is 16.0 Å². The molecule has 182 valence electrons. The topological polar surface area (TPSA) is 123 Å². The predicted molar refractivity (Wildman–Crippen MR) is 137 cm³/mol. The Bertz CT molecular complexity index is 1840. The molecule has 3 N–H and O–H groups in total. The number of anilines is 2. The average molecular weight is 494 g/mol. The van der Waals surface area contributed by atoms with Crippen molar-refractivity contribution in [3.05, 3.63) is 95.4 Å². The molecule has 6 heterocycles. The van der Waals surface area contributed by atoms with Gasteiger partial charge in [-0.1, -0.05) is 18.2 Å². The molecule has 0 saturated carbocycles. The van der Waals surface area contributed by atoms with Gasteiger partial charge in [-0.2, -0.15) is 5.10 Å². The van der Waals surface area contributed by atoms with Gasteiger partial charge in [0.2, 0.25) is 0 Å². The van der Waals surface area contributed by atoms with Gasteiger partial charge in [0.15, 0.2) is 17.2 Å². The molecule has 0 amide bonds. The van der Waals surface area contributed by atoms with Gasteiger partial charge in [-0.3, -0.25) is 9.36 Å². The number of hydrogen-bond acceptors (Lipinski definition) is 7. The molecule has 1 fully saturated rings. The van der Waals surface area contributed by atoms with E-state index in [0.717, 1.165) is 22.9 Å². The summed E-state index contributed by atoms with van der Waals surface area (Å²) in [5.74, 6) is 1.04. The molecular formula is C26H20FN9O. The summed E-state index contributed by atoms with van der Waals surface area (Å²) in [6.07, 6.45) is 7.30. The van der Waals surface area contributed by atoms with Gasteiger partial charge in [-0.05, 0) is 36.8 Å². The van der Waals surface area contributed by atoms with Gasteiger partial charge in [0.1, 0.15) is 23.6 Å². The second-order valence-electron chi connectivity index (χ2n) is 8.88. The van der Waals surface area contributed by atoms with E-state index in [1.54, 1.807) is 12.3 Å². The van der Waals surface area contributed by atoms with Crippen molar-refractivity contribution in [1.29, 1.82) is 0 Å². The van der Waals surface area contributed by atoms with E-state index >= 15 is 0 Å². The first-order valence-electron chi connectivity index (χ1n) is 11.8. The number of fused-ring (bicyclic) bond motifs is 2. The van der Waals surface area contributed by atoms with Crippen LogP contribution < -0.4 is 16.2 Å². The Balaban J connectivity index is 1.41. The molecule has 0 bridgehead atoms. The first-order valence-corrected chi connectivity index (χ1v) is 11.8. The van der Waals surface area contributed by atoms with Crippen molar-refractivity contribution in [2.24, 2.45) is 0 Å². The number of halogens is 1. The molecule has 1 saturated heterocycles. The standard InChI is InChI=1S/C26H20FN9O/c27-18-8-11-35-22(18)26(37)36(16-4-2-1-3-5-16)24(33-35)19-9-10-34(19)25-21-17(13-30-23(21)31-14-32-25)15-6-7-20(28)29-12-15/h1-8,11-14,19H,9-10H2,(H2,28,29)(H,30,31,32). The first kappa shape index (κ1) is 21.2.